The minimum absolute atomic E-state index is 0.740. The first-order chi connectivity index (χ1) is 8.29. The summed E-state index contributed by atoms with van der Waals surface area (Å²) in [6.45, 7) is 6.33. The van der Waals surface area contributed by atoms with Crippen LogP contribution in [0.15, 0.2) is 0 Å². The summed E-state index contributed by atoms with van der Waals surface area (Å²) in [5.74, 6) is 1.89. The van der Waals surface area contributed by atoms with Crippen molar-refractivity contribution in [2.45, 2.75) is 57.9 Å². The van der Waals surface area contributed by atoms with Gasteiger partial charge in [-0.05, 0) is 57.7 Å². The fraction of sp³-hybridized carbons (Fsp3) is 1.00. The zero-order chi connectivity index (χ0) is 12.1. The topological polar surface area (TPSA) is 15.3 Å². The van der Waals surface area contributed by atoms with Crippen molar-refractivity contribution in [2.24, 2.45) is 11.8 Å². The number of nitrogens with zero attached hydrogens (tertiary/aromatic N) is 1. The zero-order valence-corrected chi connectivity index (χ0v) is 11.8. The predicted octanol–water partition coefficient (Wildman–Crippen LogP) is 2.89. The van der Waals surface area contributed by atoms with Crippen LogP contribution in [0.1, 0.15) is 51.9 Å². The van der Waals surface area contributed by atoms with Gasteiger partial charge in [0.05, 0.1) is 0 Å². The van der Waals surface area contributed by atoms with Crippen LogP contribution in [0.3, 0.4) is 0 Å². The van der Waals surface area contributed by atoms with E-state index in [1.165, 1.54) is 64.6 Å². The summed E-state index contributed by atoms with van der Waals surface area (Å²) in [5.41, 5.74) is 0. The summed E-state index contributed by atoms with van der Waals surface area (Å²) in [6, 6.07) is 0.740. The van der Waals surface area contributed by atoms with Crippen LogP contribution >= 0.6 is 0 Å². The quantitative estimate of drug-likeness (QED) is 0.810. The average molecular weight is 238 g/mol. The molecule has 2 heteroatoms. The molecule has 2 nitrogen and oxygen atoms in total. The van der Waals surface area contributed by atoms with Gasteiger partial charge >= 0.3 is 0 Å². The first-order valence-electron chi connectivity index (χ1n) is 7.69. The van der Waals surface area contributed by atoms with Crippen molar-refractivity contribution < 1.29 is 0 Å². The highest BCUT2D eigenvalue weighted by atomic mass is 15.2. The molecule has 1 unspecified atom stereocenters. The van der Waals surface area contributed by atoms with E-state index in [9.17, 15) is 0 Å². The molecular weight excluding hydrogens is 208 g/mol. The molecule has 1 aliphatic heterocycles. The summed E-state index contributed by atoms with van der Waals surface area (Å²) in [6.07, 6.45) is 10.1. The minimum Gasteiger partial charge on any atom is -0.315 e. The largest absolute Gasteiger partial charge is 0.315 e. The Morgan fingerprint density at radius 1 is 1.06 bits per heavy atom. The molecule has 1 saturated heterocycles. The van der Waals surface area contributed by atoms with Gasteiger partial charge in [0, 0.05) is 12.6 Å². The van der Waals surface area contributed by atoms with E-state index in [4.69, 9.17) is 0 Å². The number of hydrogen-bond acceptors (Lipinski definition) is 2. The van der Waals surface area contributed by atoms with E-state index in [-0.39, 0.29) is 0 Å². The molecule has 0 spiro atoms. The third-order valence-electron chi connectivity index (χ3n) is 4.92. The fourth-order valence-corrected chi connectivity index (χ4v) is 3.54. The summed E-state index contributed by atoms with van der Waals surface area (Å²) < 4.78 is 0. The van der Waals surface area contributed by atoms with Gasteiger partial charge in [-0.15, -0.1) is 0 Å². The number of likely N-dealkylation sites (N-methyl/N-ethyl adjacent to an activating group) is 1. The summed E-state index contributed by atoms with van der Waals surface area (Å²) >= 11 is 0. The van der Waals surface area contributed by atoms with E-state index in [0.29, 0.717) is 0 Å². The van der Waals surface area contributed by atoms with Crippen molar-refractivity contribution in [1.82, 2.24) is 10.2 Å². The fourth-order valence-electron chi connectivity index (χ4n) is 3.54. The molecule has 1 heterocycles. The van der Waals surface area contributed by atoms with E-state index in [1.807, 2.05) is 0 Å². The van der Waals surface area contributed by atoms with Gasteiger partial charge in [-0.1, -0.05) is 26.2 Å². The maximum absolute atomic E-state index is 3.59. The summed E-state index contributed by atoms with van der Waals surface area (Å²) in [7, 11) is 2.16. The molecule has 2 aliphatic rings. The highest BCUT2D eigenvalue weighted by Gasteiger charge is 2.25. The van der Waals surface area contributed by atoms with Crippen molar-refractivity contribution in [3.8, 4) is 0 Å². The Kier molecular flexibility index (Phi) is 5.30. The number of likely N-dealkylation sites (tertiary alicyclic amines) is 1. The van der Waals surface area contributed by atoms with E-state index < -0.39 is 0 Å². The Balaban J connectivity index is 1.78. The standard InChI is InChI=1S/C15H30N2/c1-13-8-10-17(11-9-13)12-15(16-2)14-6-4-3-5-7-14/h13-16H,3-12H2,1-2H3. The molecule has 0 aromatic rings. The number of hydrogen-bond donors (Lipinski definition) is 1. The molecule has 2 rings (SSSR count). The van der Waals surface area contributed by atoms with Gasteiger partial charge in [0.25, 0.3) is 0 Å². The lowest BCUT2D eigenvalue weighted by atomic mass is 9.83. The van der Waals surface area contributed by atoms with Gasteiger partial charge in [-0.25, -0.2) is 0 Å². The molecule has 0 radical (unpaired) electrons. The second-order valence-corrected chi connectivity index (χ2v) is 6.28. The Labute approximate surface area is 107 Å². The second-order valence-electron chi connectivity index (χ2n) is 6.28. The Hall–Kier alpha value is -0.0800. The minimum atomic E-state index is 0.740. The van der Waals surface area contributed by atoms with E-state index in [1.54, 1.807) is 0 Å². The number of nitrogens with one attached hydrogen (secondary N) is 1. The first-order valence-corrected chi connectivity index (χ1v) is 7.69. The molecule has 0 bridgehead atoms. The SMILES string of the molecule is CNC(CN1CCC(C)CC1)C1CCCCC1. The van der Waals surface area contributed by atoms with Gasteiger partial charge < -0.3 is 10.2 Å². The first kappa shape index (κ1) is 13.4. The van der Waals surface area contributed by atoms with Crippen molar-refractivity contribution >= 4 is 0 Å². The lowest BCUT2D eigenvalue weighted by molar-refractivity contribution is 0.148. The van der Waals surface area contributed by atoms with E-state index in [2.05, 4.69) is 24.2 Å². The van der Waals surface area contributed by atoms with Crippen LogP contribution in [0.4, 0.5) is 0 Å². The van der Waals surface area contributed by atoms with Crippen LogP contribution in [0, 0.1) is 11.8 Å². The highest BCUT2D eigenvalue weighted by Crippen LogP contribution is 2.27. The van der Waals surface area contributed by atoms with Crippen LogP contribution in [0.5, 0.6) is 0 Å². The van der Waals surface area contributed by atoms with Crippen molar-refractivity contribution in [1.29, 1.82) is 0 Å². The predicted molar refractivity (Wildman–Crippen MR) is 74.3 cm³/mol. The van der Waals surface area contributed by atoms with Crippen LogP contribution in [0.25, 0.3) is 0 Å². The Morgan fingerprint density at radius 2 is 1.71 bits per heavy atom. The second kappa shape index (κ2) is 6.75. The third kappa shape index (κ3) is 3.96. The normalized spacial score (nSPS) is 27.2. The lowest BCUT2D eigenvalue weighted by Gasteiger charge is -2.37. The van der Waals surface area contributed by atoms with Crippen LogP contribution in [-0.2, 0) is 0 Å². The molecule has 1 aliphatic carbocycles. The molecule has 1 atom stereocenters. The molecule has 100 valence electrons. The molecule has 0 aromatic heterocycles. The van der Waals surface area contributed by atoms with Crippen molar-refractivity contribution in [2.75, 3.05) is 26.7 Å². The van der Waals surface area contributed by atoms with Gasteiger partial charge in [0.1, 0.15) is 0 Å². The van der Waals surface area contributed by atoms with Crippen LogP contribution in [0.2, 0.25) is 0 Å². The van der Waals surface area contributed by atoms with Gasteiger partial charge in [0.15, 0.2) is 0 Å². The lowest BCUT2D eigenvalue weighted by Crippen LogP contribution is -2.47. The maximum atomic E-state index is 3.59. The van der Waals surface area contributed by atoms with Crippen LogP contribution in [-0.4, -0.2) is 37.6 Å². The summed E-state index contributed by atoms with van der Waals surface area (Å²) in [5, 5.41) is 3.59. The molecule has 1 N–H and O–H groups in total. The Bertz CT molecular complexity index is 203. The van der Waals surface area contributed by atoms with E-state index >= 15 is 0 Å². The molecule has 2 fully saturated rings. The van der Waals surface area contributed by atoms with Crippen molar-refractivity contribution in [3.63, 3.8) is 0 Å². The van der Waals surface area contributed by atoms with Gasteiger partial charge in [-0.2, -0.15) is 0 Å². The van der Waals surface area contributed by atoms with Crippen LogP contribution < -0.4 is 5.32 Å². The van der Waals surface area contributed by atoms with Gasteiger partial charge in [-0.3, -0.25) is 0 Å². The molecule has 1 saturated carbocycles. The zero-order valence-electron chi connectivity index (χ0n) is 11.8. The highest BCUT2D eigenvalue weighted by molar-refractivity contribution is 4.82. The van der Waals surface area contributed by atoms with E-state index in [0.717, 1.165) is 17.9 Å². The summed E-state index contributed by atoms with van der Waals surface area (Å²) in [4.78, 5) is 2.69. The molecule has 0 aromatic carbocycles. The van der Waals surface area contributed by atoms with Crippen molar-refractivity contribution in [3.05, 3.63) is 0 Å². The molecule has 17 heavy (non-hydrogen) atoms. The van der Waals surface area contributed by atoms with Gasteiger partial charge in [0.2, 0.25) is 0 Å². The number of piperidine rings is 1. The number of rotatable bonds is 4. The maximum Gasteiger partial charge on any atom is 0.0220 e. The third-order valence-corrected chi connectivity index (χ3v) is 4.92. The molecular formula is C15H30N2. The Morgan fingerprint density at radius 3 is 2.29 bits per heavy atom. The molecule has 0 amide bonds. The average Bonchev–Trinajstić information content (AvgIpc) is 2.39. The smallest absolute Gasteiger partial charge is 0.0220 e. The monoisotopic (exact) mass is 238 g/mol.